The molecule has 12 heteroatoms. The maximum atomic E-state index is 13.0. The van der Waals surface area contributed by atoms with Crippen LogP contribution in [0.4, 0.5) is 0 Å². The van der Waals surface area contributed by atoms with Crippen molar-refractivity contribution in [2.45, 2.75) is 0 Å². The van der Waals surface area contributed by atoms with Crippen LogP contribution in [0, 0.1) is 0 Å². The Morgan fingerprint density at radius 2 is 1.89 bits per heavy atom. The number of hydrogen-bond acceptors (Lipinski definition) is 8. The highest BCUT2D eigenvalue weighted by molar-refractivity contribution is 6.31. The lowest BCUT2D eigenvalue weighted by molar-refractivity contribution is 0.0953. The molecule has 6 N–H and O–H groups in total. The number of aromatic nitrogens is 3. The minimum Gasteiger partial charge on any atom is -0.496 e. The highest BCUT2D eigenvalue weighted by Gasteiger charge is 2.23. The number of hydrazine groups is 1. The van der Waals surface area contributed by atoms with Crippen LogP contribution in [0.15, 0.2) is 59.8 Å². The molecule has 0 aliphatic heterocycles. The number of pyridine rings is 1. The number of nitrogens with one attached hydrogen (secondary N) is 2. The number of carbonyl (C=O) groups excluding carboxylic acids is 1. The van der Waals surface area contributed by atoms with Crippen molar-refractivity contribution >= 4 is 34.2 Å². The van der Waals surface area contributed by atoms with Crippen molar-refractivity contribution in [1.82, 2.24) is 25.5 Å². The first-order valence-corrected chi connectivity index (χ1v) is 10.8. The summed E-state index contributed by atoms with van der Waals surface area (Å²) in [5.41, 5.74) is 5.00. The minimum absolute atomic E-state index is 0.0112. The molecule has 1 amide bonds. The molecule has 0 fully saturated rings. The van der Waals surface area contributed by atoms with E-state index in [9.17, 15) is 4.79 Å². The molecule has 0 saturated heterocycles. The van der Waals surface area contributed by atoms with Crippen molar-refractivity contribution < 1.29 is 14.3 Å². The van der Waals surface area contributed by atoms with Gasteiger partial charge < -0.3 is 26.1 Å². The number of methoxy groups -OCH3 is 2. The topological polar surface area (TPSA) is 155 Å². The molecule has 2 aromatic carbocycles. The van der Waals surface area contributed by atoms with Crippen LogP contribution >= 0.6 is 11.6 Å². The number of benzene rings is 2. The molecule has 4 aromatic rings. The van der Waals surface area contributed by atoms with E-state index < -0.39 is 5.91 Å². The molecular weight excluding hydrogens is 472 g/mol. The van der Waals surface area contributed by atoms with E-state index in [1.54, 1.807) is 61.5 Å². The lowest BCUT2D eigenvalue weighted by Crippen LogP contribution is -2.41. The number of hydrazone groups is 1. The zero-order chi connectivity index (χ0) is 24.9. The van der Waals surface area contributed by atoms with Crippen LogP contribution in [-0.2, 0) is 0 Å². The van der Waals surface area contributed by atoms with Crippen molar-refractivity contribution in [3.8, 4) is 28.4 Å². The molecule has 2 heterocycles. The van der Waals surface area contributed by atoms with Gasteiger partial charge in [-0.1, -0.05) is 17.7 Å². The summed E-state index contributed by atoms with van der Waals surface area (Å²) in [5, 5.41) is 12.1. The molecule has 0 aliphatic carbocycles. The van der Waals surface area contributed by atoms with E-state index in [0.717, 1.165) is 5.39 Å². The maximum Gasteiger partial charge on any atom is 0.272 e. The van der Waals surface area contributed by atoms with E-state index in [1.807, 2.05) is 12.1 Å². The van der Waals surface area contributed by atoms with Crippen LogP contribution in [0.5, 0.6) is 11.5 Å². The average Bonchev–Trinajstić information content (AvgIpc) is 3.33. The molecule has 35 heavy (non-hydrogen) atoms. The van der Waals surface area contributed by atoms with Gasteiger partial charge in [-0.05, 0) is 42.5 Å². The molecule has 11 nitrogen and oxygen atoms in total. The number of nitrogens with two attached hydrogens (primary N) is 2. The third kappa shape index (κ3) is 4.67. The number of amidine groups is 1. The fraction of sp³-hybridized carbons (Fsp3) is 0.130. The summed E-state index contributed by atoms with van der Waals surface area (Å²) < 4.78 is 12.9. The molecule has 0 aliphatic rings. The largest absolute Gasteiger partial charge is 0.496 e. The van der Waals surface area contributed by atoms with Crippen molar-refractivity contribution in [3.63, 3.8) is 0 Å². The molecule has 4 rings (SSSR count). The number of hydrogen-bond donors (Lipinski definition) is 4. The molecule has 0 unspecified atom stereocenters. The van der Waals surface area contributed by atoms with E-state index in [2.05, 4.69) is 25.9 Å². The average molecular weight is 495 g/mol. The first-order valence-electron chi connectivity index (χ1n) is 10.4. The number of rotatable bonds is 7. The maximum absolute atomic E-state index is 13.0. The zero-order valence-electron chi connectivity index (χ0n) is 18.9. The summed E-state index contributed by atoms with van der Waals surface area (Å²) in [4.78, 5) is 17.4. The number of ether oxygens (including phenoxy) is 2. The number of halogens is 1. The summed E-state index contributed by atoms with van der Waals surface area (Å²) in [5.74, 6) is 11.4. The van der Waals surface area contributed by atoms with Crippen LogP contribution in [0.3, 0.4) is 0 Å². The summed E-state index contributed by atoms with van der Waals surface area (Å²) in [7, 11) is 3.12. The third-order valence-corrected chi connectivity index (χ3v) is 5.51. The van der Waals surface area contributed by atoms with Gasteiger partial charge in [0.2, 0.25) is 0 Å². The standard InChI is InChI=1S/C23H23ClN8O3/c1-34-19-4-3-5-20(35-2)22(19)18-11-16(23(33)28-12-21(29-25)30-26)31-32(18)17-8-9-27-15-10-13(24)6-7-14(15)17/h3-11H,12,25-26H2,1-2H3,(H,28,33)(H,29,30). The summed E-state index contributed by atoms with van der Waals surface area (Å²) in [6.07, 6.45) is 1.65. The molecular formula is C23H23ClN8O3. The van der Waals surface area contributed by atoms with Crippen LogP contribution in [0.1, 0.15) is 10.5 Å². The Hall–Kier alpha value is -4.35. The summed E-state index contributed by atoms with van der Waals surface area (Å²) >= 11 is 6.17. The van der Waals surface area contributed by atoms with Crippen molar-refractivity contribution in [1.29, 1.82) is 0 Å². The second-order valence-electron chi connectivity index (χ2n) is 7.26. The number of nitrogens with zero attached hydrogens (tertiary/aromatic N) is 4. The van der Waals surface area contributed by atoms with E-state index in [1.165, 1.54) is 0 Å². The van der Waals surface area contributed by atoms with Gasteiger partial charge in [-0.2, -0.15) is 10.2 Å². The normalized spacial score (nSPS) is 11.4. The van der Waals surface area contributed by atoms with Crippen LogP contribution < -0.4 is 31.9 Å². The third-order valence-electron chi connectivity index (χ3n) is 5.27. The Balaban J connectivity index is 1.92. The smallest absolute Gasteiger partial charge is 0.272 e. The van der Waals surface area contributed by atoms with Gasteiger partial charge in [0.05, 0.1) is 43.2 Å². The molecule has 2 aromatic heterocycles. The molecule has 180 valence electrons. The fourth-order valence-corrected chi connectivity index (χ4v) is 3.80. The second kappa shape index (κ2) is 10.3. The fourth-order valence-electron chi connectivity index (χ4n) is 3.64. The Kier molecular flexibility index (Phi) is 6.99. The van der Waals surface area contributed by atoms with Gasteiger partial charge in [0.1, 0.15) is 11.5 Å². The molecule has 0 radical (unpaired) electrons. The minimum atomic E-state index is -0.461. The Morgan fingerprint density at radius 3 is 2.54 bits per heavy atom. The van der Waals surface area contributed by atoms with Crippen molar-refractivity contribution in [2.75, 3.05) is 20.8 Å². The van der Waals surface area contributed by atoms with Gasteiger partial charge in [0.25, 0.3) is 5.91 Å². The van der Waals surface area contributed by atoms with E-state index in [0.29, 0.717) is 39.0 Å². The van der Waals surface area contributed by atoms with E-state index >= 15 is 0 Å². The molecule has 0 bridgehead atoms. The molecule has 0 spiro atoms. The van der Waals surface area contributed by atoms with Gasteiger partial charge in [-0.3, -0.25) is 9.78 Å². The van der Waals surface area contributed by atoms with Crippen LogP contribution in [0.25, 0.3) is 27.8 Å². The first-order chi connectivity index (χ1) is 17.0. The molecule has 0 saturated carbocycles. The SMILES string of the molecule is COc1cccc(OC)c1-c1cc(C(=O)NC/C(=N/N)NN)nn1-c1ccnc2cc(Cl)ccc12. The van der Waals surface area contributed by atoms with E-state index in [4.69, 9.17) is 32.8 Å². The lowest BCUT2D eigenvalue weighted by atomic mass is 10.1. The van der Waals surface area contributed by atoms with Gasteiger partial charge >= 0.3 is 0 Å². The van der Waals surface area contributed by atoms with Gasteiger partial charge in [-0.15, -0.1) is 0 Å². The predicted octanol–water partition coefficient (Wildman–Crippen LogP) is 2.22. The summed E-state index contributed by atoms with van der Waals surface area (Å²) in [6.45, 7) is -0.0112. The number of carbonyl (C=O) groups is 1. The number of amides is 1. The second-order valence-corrected chi connectivity index (χ2v) is 7.69. The molecule has 0 atom stereocenters. The number of fused-ring (bicyclic) bond motifs is 1. The Morgan fingerprint density at radius 1 is 1.14 bits per heavy atom. The summed E-state index contributed by atoms with van der Waals surface area (Å²) in [6, 6.07) is 14.2. The van der Waals surface area contributed by atoms with E-state index in [-0.39, 0.29) is 18.1 Å². The predicted molar refractivity (Wildman–Crippen MR) is 134 cm³/mol. The zero-order valence-corrected chi connectivity index (χ0v) is 19.7. The monoisotopic (exact) mass is 494 g/mol. The van der Waals surface area contributed by atoms with Crippen LogP contribution in [0.2, 0.25) is 5.02 Å². The van der Waals surface area contributed by atoms with Crippen molar-refractivity contribution in [3.05, 3.63) is 65.4 Å². The quantitative estimate of drug-likeness (QED) is 0.132. The highest BCUT2D eigenvalue weighted by Crippen LogP contribution is 2.40. The lowest BCUT2D eigenvalue weighted by Gasteiger charge is -2.15. The Bertz CT molecular complexity index is 1400. The van der Waals surface area contributed by atoms with Gasteiger partial charge in [0.15, 0.2) is 11.5 Å². The van der Waals surface area contributed by atoms with Gasteiger partial charge in [-0.25, -0.2) is 10.5 Å². The van der Waals surface area contributed by atoms with Crippen molar-refractivity contribution in [2.24, 2.45) is 16.8 Å². The first kappa shape index (κ1) is 23.8. The Labute approximate surface area is 205 Å². The van der Waals surface area contributed by atoms with Crippen LogP contribution in [-0.4, -0.2) is 47.3 Å². The highest BCUT2D eigenvalue weighted by atomic mass is 35.5. The van der Waals surface area contributed by atoms with Gasteiger partial charge in [0, 0.05) is 16.6 Å².